The number of benzene rings is 2. The van der Waals surface area contributed by atoms with Gasteiger partial charge in [-0.1, -0.05) is 6.07 Å². The molecule has 0 aliphatic carbocycles. The molecule has 5 aromatic rings. The molecule has 6 rings (SSSR count). The summed E-state index contributed by atoms with van der Waals surface area (Å²) in [5.41, 5.74) is 1.87. The first-order chi connectivity index (χ1) is 17.5. The molecule has 0 unspecified atom stereocenters. The van der Waals surface area contributed by atoms with Crippen molar-refractivity contribution < 1.29 is 9.53 Å². The number of likely N-dealkylation sites (tertiary alicyclic amines) is 1. The maximum absolute atomic E-state index is 12.4. The molecule has 9 nitrogen and oxygen atoms in total. The number of aromatic nitrogens is 5. The number of thiazole rings is 1. The lowest BCUT2D eigenvalue weighted by Gasteiger charge is -2.36. The Labute approximate surface area is 211 Å². The van der Waals surface area contributed by atoms with E-state index in [2.05, 4.69) is 25.4 Å². The fourth-order valence-electron chi connectivity index (χ4n) is 4.69. The molecule has 10 heteroatoms. The minimum absolute atomic E-state index is 0.110. The van der Waals surface area contributed by atoms with Crippen molar-refractivity contribution in [3.63, 3.8) is 0 Å². The quantitative estimate of drug-likeness (QED) is 0.338. The average Bonchev–Trinajstić information content (AvgIpc) is 3.61. The van der Waals surface area contributed by atoms with Gasteiger partial charge in [-0.15, -0.1) is 11.3 Å². The van der Waals surface area contributed by atoms with Crippen LogP contribution in [0.25, 0.3) is 21.8 Å². The lowest BCUT2D eigenvalue weighted by atomic mass is 10.2. The van der Waals surface area contributed by atoms with Crippen LogP contribution in [0.15, 0.2) is 60.5 Å². The second-order valence-electron chi connectivity index (χ2n) is 9.20. The number of amides is 1. The summed E-state index contributed by atoms with van der Waals surface area (Å²) in [5.74, 6) is 1.37. The Hall–Kier alpha value is -4.05. The van der Waals surface area contributed by atoms with E-state index in [1.165, 1.54) is 6.33 Å². The van der Waals surface area contributed by atoms with E-state index in [4.69, 9.17) is 4.74 Å². The van der Waals surface area contributed by atoms with Crippen molar-refractivity contribution in [2.24, 2.45) is 0 Å². The molecule has 3 aromatic heterocycles. The zero-order chi connectivity index (χ0) is 24.7. The largest absolute Gasteiger partial charge is 0.468 e. The van der Waals surface area contributed by atoms with Gasteiger partial charge in [-0.25, -0.2) is 15.0 Å². The number of carbonyl (C=O) groups is 1. The summed E-state index contributed by atoms with van der Waals surface area (Å²) in [4.78, 5) is 27.5. The van der Waals surface area contributed by atoms with Crippen LogP contribution >= 0.6 is 11.3 Å². The highest BCUT2D eigenvalue weighted by Crippen LogP contribution is 2.35. The van der Waals surface area contributed by atoms with Gasteiger partial charge in [0.05, 0.1) is 29.2 Å². The second-order valence-corrected chi connectivity index (χ2v) is 10.2. The molecule has 1 aliphatic heterocycles. The topological polar surface area (TPSA) is 98.1 Å². The molecular weight excluding hydrogens is 474 g/mol. The molecule has 2 aromatic carbocycles. The highest BCUT2D eigenvalue weighted by atomic mass is 32.1. The zero-order valence-corrected chi connectivity index (χ0v) is 20.8. The van der Waals surface area contributed by atoms with Crippen molar-refractivity contribution in [2.75, 3.05) is 11.9 Å². The van der Waals surface area contributed by atoms with Crippen LogP contribution in [0.1, 0.15) is 31.7 Å². The van der Waals surface area contributed by atoms with E-state index in [9.17, 15) is 4.79 Å². The van der Waals surface area contributed by atoms with Crippen molar-refractivity contribution in [1.82, 2.24) is 29.6 Å². The molecule has 0 radical (unpaired) electrons. The lowest BCUT2D eigenvalue weighted by Crippen LogP contribution is -2.49. The molecule has 0 saturated carbocycles. The standard InChI is InChI=1S/C26H25N7O2S/c1-26(2,32-11-4-7-23(32)34)35-21-6-3-5-19-24(21)25(29-16-28-19)31-18-8-9-20-17(13-18)14-30-33(20)15-22-27-10-12-36-22/h3,5-6,8-10,12-14,16H,4,7,11,15H2,1-2H3,(H,28,29,31). The number of nitrogens with one attached hydrogen (secondary N) is 1. The molecular formula is C26H25N7O2S. The molecule has 1 aliphatic rings. The first-order valence-corrected chi connectivity index (χ1v) is 12.7. The summed E-state index contributed by atoms with van der Waals surface area (Å²) >= 11 is 1.62. The summed E-state index contributed by atoms with van der Waals surface area (Å²) in [5, 5.41) is 12.7. The number of ether oxygens (including phenoxy) is 1. The Morgan fingerprint density at radius 3 is 2.89 bits per heavy atom. The van der Waals surface area contributed by atoms with Gasteiger partial charge >= 0.3 is 0 Å². The van der Waals surface area contributed by atoms with E-state index in [0.29, 0.717) is 31.1 Å². The van der Waals surface area contributed by atoms with E-state index >= 15 is 0 Å². The van der Waals surface area contributed by atoms with Crippen molar-refractivity contribution in [2.45, 2.75) is 39.0 Å². The van der Waals surface area contributed by atoms with Crippen LogP contribution < -0.4 is 10.1 Å². The van der Waals surface area contributed by atoms with Gasteiger partial charge in [0.1, 0.15) is 22.9 Å². The van der Waals surface area contributed by atoms with Crippen LogP contribution in [0.2, 0.25) is 0 Å². The van der Waals surface area contributed by atoms with Crippen LogP contribution in [0, 0.1) is 0 Å². The molecule has 1 N–H and O–H groups in total. The molecule has 1 saturated heterocycles. The number of hydrogen-bond donors (Lipinski definition) is 1. The van der Waals surface area contributed by atoms with Gasteiger partial charge in [0.15, 0.2) is 5.72 Å². The van der Waals surface area contributed by atoms with E-state index in [1.807, 2.05) is 72.7 Å². The van der Waals surface area contributed by atoms with Gasteiger partial charge in [0, 0.05) is 35.6 Å². The Morgan fingerprint density at radius 1 is 1.17 bits per heavy atom. The Kier molecular flexibility index (Phi) is 5.52. The van der Waals surface area contributed by atoms with Gasteiger partial charge < -0.3 is 15.0 Å². The second kappa shape index (κ2) is 8.87. The van der Waals surface area contributed by atoms with E-state index in [0.717, 1.165) is 38.9 Å². The maximum Gasteiger partial charge on any atom is 0.225 e. The van der Waals surface area contributed by atoms with Gasteiger partial charge in [0.25, 0.3) is 0 Å². The lowest BCUT2D eigenvalue weighted by molar-refractivity contribution is -0.143. The number of carbonyl (C=O) groups excluding carboxylic acids is 1. The molecule has 0 spiro atoms. The first-order valence-electron chi connectivity index (χ1n) is 11.8. The van der Waals surface area contributed by atoms with Crippen molar-refractivity contribution in [3.05, 3.63) is 65.5 Å². The predicted molar refractivity (Wildman–Crippen MR) is 139 cm³/mol. The van der Waals surface area contributed by atoms with Crippen molar-refractivity contribution in [1.29, 1.82) is 0 Å². The number of rotatable bonds is 7. The minimum atomic E-state index is -0.792. The molecule has 0 atom stereocenters. The molecule has 182 valence electrons. The van der Waals surface area contributed by atoms with Crippen LogP contribution in [-0.2, 0) is 11.3 Å². The first kappa shape index (κ1) is 22.4. The zero-order valence-electron chi connectivity index (χ0n) is 20.0. The summed E-state index contributed by atoms with van der Waals surface area (Å²) in [6.07, 6.45) is 6.60. The number of hydrogen-bond acceptors (Lipinski definition) is 8. The van der Waals surface area contributed by atoms with Crippen LogP contribution in [-0.4, -0.2) is 47.8 Å². The fourth-order valence-corrected chi connectivity index (χ4v) is 5.28. The Balaban J connectivity index is 1.32. The SMILES string of the molecule is CC(C)(Oc1cccc2ncnc(Nc3ccc4c(cnn4Cc4nccs4)c3)c12)N1CCCC1=O. The summed E-state index contributed by atoms with van der Waals surface area (Å²) in [6, 6.07) is 11.8. The van der Waals surface area contributed by atoms with E-state index in [1.54, 1.807) is 16.2 Å². The third-order valence-corrected chi connectivity index (χ3v) is 7.15. The summed E-state index contributed by atoms with van der Waals surface area (Å²) < 4.78 is 8.39. The van der Waals surface area contributed by atoms with Crippen LogP contribution in [0.3, 0.4) is 0 Å². The molecule has 1 fully saturated rings. The van der Waals surface area contributed by atoms with Crippen LogP contribution in [0.5, 0.6) is 5.75 Å². The number of anilines is 2. The highest BCUT2D eigenvalue weighted by molar-refractivity contribution is 7.09. The van der Waals surface area contributed by atoms with Crippen molar-refractivity contribution in [3.8, 4) is 5.75 Å². The third-order valence-electron chi connectivity index (χ3n) is 6.38. The monoisotopic (exact) mass is 499 g/mol. The van der Waals surface area contributed by atoms with Gasteiger partial charge in [0.2, 0.25) is 5.91 Å². The molecule has 4 heterocycles. The minimum Gasteiger partial charge on any atom is -0.468 e. The summed E-state index contributed by atoms with van der Waals surface area (Å²) in [7, 11) is 0. The van der Waals surface area contributed by atoms with E-state index in [-0.39, 0.29) is 5.91 Å². The van der Waals surface area contributed by atoms with Gasteiger partial charge in [-0.3, -0.25) is 9.48 Å². The number of fused-ring (bicyclic) bond motifs is 2. The third kappa shape index (κ3) is 4.13. The maximum atomic E-state index is 12.4. The molecule has 0 bridgehead atoms. The fraction of sp³-hybridized carbons (Fsp3) is 0.269. The Morgan fingerprint density at radius 2 is 2.08 bits per heavy atom. The van der Waals surface area contributed by atoms with E-state index < -0.39 is 5.72 Å². The predicted octanol–water partition coefficient (Wildman–Crippen LogP) is 4.97. The number of nitrogens with zero attached hydrogens (tertiary/aromatic N) is 6. The van der Waals surface area contributed by atoms with Gasteiger partial charge in [-0.05, 0) is 50.6 Å². The smallest absolute Gasteiger partial charge is 0.225 e. The molecule has 36 heavy (non-hydrogen) atoms. The normalized spacial score (nSPS) is 14.2. The van der Waals surface area contributed by atoms with Crippen LogP contribution in [0.4, 0.5) is 11.5 Å². The Bertz CT molecular complexity index is 1560. The molecule has 1 amide bonds. The summed E-state index contributed by atoms with van der Waals surface area (Å²) in [6.45, 7) is 5.17. The highest BCUT2D eigenvalue weighted by Gasteiger charge is 2.36. The van der Waals surface area contributed by atoms with Crippen molar-refractivity contribution >= 4 is 50.6 Å². The van der Waals surface area contributed by atoms with Gasteiger partial charge in [-0.2, -0.15) is 5.10 Å². The average molecular weight is 500 g/mol.